The van der Waals surface area contributed by atoms with Crippen molar-refractivity contribution in [1.82, 2.24) is 4.72 Å². The summed E-state index contributed by atoms with van der Waals surface area (Å²) >= 11 is 6.40. The van der Waals surface area contributed by atoms with Gasteiger partial charge in [0, 0.05) is 35.0 Å². The normalized spacial score (nSPS) is 32.3. The van der Waals surface area contributed by atoms with Gasteiger partial charge in [-0.1, -0.05) is 31.0 Å². The number of nitrogens with zero attached hydrogens (tertiary/aromatic N) is 1. The van der Waals surface area contributed by atoms with Gasteiger partial charge in [-0.3, -0.25) is 9.59 Å². The lowest BCUT2D eigenvalue weighted by atomic mass is 9.64. The number of carbonyl (C=O) groups is 2. The highest BCUT2D eigenvalue weighted by molar-refractivity contribution is 7.90. The fourth-order valence-corrected chi connectivity index (χ4v) is 9.59. The molecule has 1 amide bonds. The lowest BCUT2D eigenvalue weighted by molar-refractivity contribution is -0.125. The standard InChI is InChI=1S/C34H43ClN2O5S/c1-21-6-4-8-28(22(2)38)29-12-9-26(29)18-37-19-34(15-5-7-24-16-27(35)11-13-30(24)34)20-42-32-14-10-25(17-31(32)37)33(39)36-43(40,41)23(21)3/h10-11,13-14,16-17,21,23,26,28-29H,4-9,12,15,18-20H2,1-3H3,(H,36,39)/t21-,23+,26-,28-,29+,34-/m0/s1. The van der Waals surface area contributed by atoms with E-state index in [1.165, 1.54) is 11.1 Å². The molecule has 2 aliphatic carbocycles. The van der Waals surface area contributed by atoms with E-state index in [2.05, 4.69) is 21.8 Å². The van der Waals surface area contributed by atoms with E-state index in [9.17, 15) is 18.0 Å². The molecule has 0 saturated heterocycles. The van der Waals surface area contributed by atoms with E-state index in [0.717, 1.165) is 62.2 Å². The van der Waals surface area contributed by atoms with Crippen molar-refractivity contribution in [2.45, 2.75) is 82.8 Å². The summed E-state index contributed by atoms with van der Waals surface area (Å²) in [7, 11) is -3.90. The monoisotopic (exact) mass is 626 g/mol. The van der Waals surface area contributed by atoms with Crippen molar-refractivity contribution in [3.63, 3.8) is 0 Å². The van der Waals surface area contributed by atoms with Crippen LogP contribution in [0.1, 0.15) is 87.2 Å². The molecule has 4 aliphatic rings. The van der Waals surface area contributed by atoms with Gasteiger partial charge >= 0.3 is 0 Å². The maximum atomic E-state index is 13.4. The molecule has 1 fully saturated rings. The molecule has 0 radical (unpaired) electrons. The van der Waals surface area contributed by atoms with E-state index in [-0.39, 0.29) is 23.0 Å². The van der Waals surface area contributed by atoms with Crippen LogP contribution in [0.3, 0.4) is 0 Å². The first-order chi connectivity index (χ1) is 20.5. The molecule has 2 bridgehead atoms. The largest absolute Gasteiger partial charge is 0.490 e. The Balaban J connectivity index is 1.43. The molecule has 9 heteroatoms. The van der Waals surface area contributed by atoms with Crippen LogP contribution in [-0.4, -0.2) is 45.1 Å². The van der Waals surface area contributed by atoms with Crippen LogP contribution in [0.25, 0.3) is 0 Å². The minimum Gasteiger partial charge on any atom is -0.490 e. The molecule has 232 valence electrons. The minimum atomic E-state index is -3.90. The number of carbonyl (C=O) groups excluding carboxylic acids is 2. The highest BCUT2D eigenvalue weighted by Gasteiger charge is 2.45. The van der Waals surface area contributed by atoms with Crippen LogP contribution in [0.4, 0.5) is 5.69 Å². The summed E-state index contributed by atoms with van der Waals surface area (Å²) in [6.45, 7) is 7.26. The predicted octanol–water partition coefficient (Wildman–Crippen LogP) is 6.31. The molecule has 0 aromatic heterocycles. The molecule has 0 unspecified atom stereocenters. The van der Waals surface area contributed by atoms with E-state index < -0.39 is 21.2 Å². The van der Waals surface area contributed by atoms with Crippen LogP contribution in [0.2, 0.25) is 5.02 Å². The first-order valence-corrected chi connectivity index (χ1v) is 17.8. The van der Waals surface area contributed by atoms with Crippen molar-refractivity contribution >= 4 is 39.0 Å². The van der Waals surface area contributed by atoms with Gasteiger partial charge in [-0.2, -0.15) is 0 Å². The van der Waals surface area contributed by atoms with Crippen molar-refractivity contribution in [1.29, 1.82) is 0 Å². The van der Waals surface area contributed by atoms with Crippen LogP contribution in [0.15, 0.2) is 36.4 Å². The van der Waals surface area contributed by atoms with Crippen LogP contribution in [-0.2, 0) is 26.7 Å². The van der Waals surface area contributed by atoms with Crippen molar-refractivity contribution in [3.8, 4) is 5.75 Å². The lowest BCUT2D eigenvalue weighted by Gasteiger charge is -2.46. The maximum Gasteiger partial charge on any atom is 0.264 e. The van der Waals surface area contributed by atoms with Crippen LogP contribution in [0.5, 0.6) is 5.75 Å². The SMILES string of the molecule is CC(=O)[C@@H]1CCC[C@H](C)[C@@H](C)S(=O)(=O)NC(=O)c2ccc3c(c2)N(C[C@@H]2CC[C@H]21)C[C@@]1(CCCc2cc(Cl)ccc21)CO3. The number of rotatable bonds is 1. The second-order valence-electron chi connectivity index (χ2n) is 13.6. The molecule has 2 heterocycles. The van der Waals surface area contributed by atoms with Gasteiger partial charge in [0.15, 0.2) is 0 Å². The highest BCUT2D eigenvalue weighted by Crippen LogP contribution is 2.48. The molecule has 2 aromatic carbocycles. The molecule has 43 heavy (non-hydrogen) atoms. The van der Waals surface area contributed by atoms with E-state index in [1.54, 1.807) is 32.0 Å². The number of amides is 1. The average molecular weight is 627 g/mol. The second-order valence-corrected chi connectivity index (χ2v) is 16.1. The molecule has 1 saturated carbocycles. The Morgan fingerprint density at radius 3 is 2.63 bits per heavy atom. The van der Waals surface area contributed by atoms with Gasteiger partial charge in [0.2, 0.25) is 10.0 Å². The van der Waals surface area contributed by atoms with Gasteiger partial charge in [-0.25, -0.2) is 13.1 Å². The van der Waals surface area contributed by atoms with Crippen LogP contribution >= 0.6 is 11.6 Å². The predicted molar refractivity (Wildman–Crippen MR) is 169 cm³/mol. The molecule has 7 nitrogen and oxygen atoms in total. The number of ether oxygens (including phenoxy) is 1. The number of halogens is 1. The zero-order valence-electron chi connectivity index (χ0n) is 25.4. The first-order valence-electron chi connectivity index (χ1n) is 15.8. The summed E-state index contributed by atoms with van der Waals surface area (Å²) in [4.78, 5) is 28.7. The number of fused-ring (bicyclic) bond motifs is 4. The highest BCUT2D eigenvalue weighted by atomic mass is 35.5. The zero-order chi connectivity index (χ0) is 30.5. The lowest BCUT2D eigenvalue weighted by Crippen LogP contribution is -2.49. The number of benzene rings is 2. The van der Waals surface area contributed by atoms with Gasteiger partial charge in [-0.05, 0) is 118 Å². The van der Waals surface area contributed by atoms with E-state index in [0.29, 0.717) is 42.7 Å². The first kappa shape index (κ1) is 30.4. The Kier molecular flexibility index (Phi) is 8.31. The van der Waals surface area contributed by atoms with E-state index in [4.69, 9.17) is 16.3 Å². The molecule has 6 rings (SSSR count). The summed E-state index contributed by atoms with van der Waals surface area (Å²) in [5.41, 5.74) is 3.37. The number of sulfonamides is 1. The Hall–Kier alpha value is -2.58. The number of aryl methyl sites for hydroxylation is 1. The molecule has 1 spiro atoms. The second kappa shape index (κ2) is 11.7. The summed E-state index contributed by atoms with van der Waals surface area (Å²) in [5, 5.41) is -0.00230. The smallest absolute Gasteiger partial charge is 0.264 e. The molecular formula is C34H43ClN2O5S. The quantitative estimate of drug-likeness (QED) is 0.399. The molecule has 2 aliphatic heterocycles. The van der Waals surface area contributed by atoms with Gasteiger partial charge in [0.05, 0.1) is 17.5 Å². The van der Waals surface area contributed by atoms with Gasteiger partial charge in [0.25, 0.3) is 5.91 Å². The van der Waals surface area contributed by atoms with Crippen LogP contribution in [0, 0.1) is 23.7 Å². The Bertz CT molecular complexity index is 1530. The maximum absolute atomic E-state index is 13.4. The average Bonchev–Trinajstić information content (AvgIpc) is 3.10. The fraction of sp³-hybridized carbons (Fsp3) is 0.588. The number of nitrogens with one attached hydrogen (secondary N) is 1. The van der Waals surface area contributed by atoms with Gasteiger partial charge in [-0.15, -0.1) is 0 Å². The number of hydrogen-bond acceptors (Lipinski definition) is 6. The Morgan fingerprint density at radius 1 is 1.07 bits per heavy atom. The molecule has 1 N–H and O–H groups in total. The fourth-order valence-electron chi connectivity index (χ4n) is 8.09. The summed E-state index contributed by atoms with van der Waals surface area (Å²) in [6, 6.07) is 11.4. The van der Waals surface area contributed by atoms with Crippen molar-refractivity contribution < 1.29 is 22.7 Å². The Labute approximate surface area is 260 Å². The third-order valence-corrected chi connectivity index (χ3v) is 13.1. The number of Topliss-reactive ketones (excluding diaryl/α,β-unsaturated/α-hetero) is 1. The molecule has 6 atom stereocenters. The zero-order valence-corrected chi connectivity index (χ0v) is 27.0. The topological polar surface area (TPSA) is 92.8 Å². The third-order valence-electron chi connectivity index (χ3n) is 11.0. The van der Waals surface area contributed by atoms with Crippen LogP contribution < -0.4 is 14.4 Å². The van der Waals surface area contributed by atoms with Gasteiger partial charge < -0.3 is 9.64 Å². The Morgan fingerprint density at radius 2 is 1.88 bits per heavy atom. The third kappa shape index (κ3) is 5.82. The van der Waals surface area contributed by atoms with Crippen molar-refractivity contribution in [2.75, 3.05) is 24.6 Å². The number of ketones is 1. The van der Waals surface area contributed by atoms with Crippen molar-refractivity contribution in [3.05, 3.63) is 58.1 Å². The number of anilines is 1. The summed E-state index contributed by atoms with van der Waals surface area (Å²) in [6.07, 6.45) is 7.30. The summed E-state index contributed by atoms with van der Waals surface area (Å²) in [5.74, 6) is 0.784. The van der Waals surface area contributed by atoms with E-state index >= 15 is 0 Å². The van der Waals surface area contributed by atoms with E-state index in [1.807, 2.05) is 13.0 Å². The summed E-state index contributed by atoms with van der Waals surface area (Å²) < 4.78 is 35.4. The van der Waals surface area contributed by atoms with Crippen molar-refractivity contribution in [2.24, 2.45) is 23.7 Å². The molecule has 2 aromatic rings. The van der Waals surface area contributed by atoms with Gasteiger partial charge in [0.1, 0.15) is 11.5 Å². The number of hydrogen-bond donors (Lipinski definition) is 1. The molecular weight excluding hydrogens is 584 g/mol. The minimum absolute atomic E-state index is 0.0222.